The number of aryl methyl sites for hydroxylation is 1. The summed E-state index contributed by atoms with van der Waals surface area (Å²) in [6.07, 6.45) is 0.185. The average Bonchev–Trinajstić information content (AvgIpc) is 2.99. The maximum absolute atomic E-state index is 14.6. The summed E-state index contributed by atoms with van der Waals surface area (Å²) in [5.41, 5.74) is 0.151. The van der Waals surface area contributed by atoms with Crippen molar-refractivity contribution in [3.8, 4) is 11.5 Å². The largest absolute Gasteiger partial charge is 0.504 e. The zero-order valence-electron chi connectivity index (χ0n) is 23.2. The first-order valence-electron chi connectivity index (χ1n) is 13.6. The average molecular weight is 568 g/mol. The summed E-state index contributed by atoms with van der Waals surface area (Å²) in [4.78, 5) is 27.1. The van der Waals surface area contributed by atoms with Crippen molar-refractivity contribution in [2.75, 3.05) is 6.61 Å². The normalized spacial score (nSPS) is 13.0. The number of fused-ring (bicyclic) bond motifs is 1. The number of carbonyl (C=O) groups is 1. The molecule has 0 aliphatic rings. The first-order chi connectivity index (χ1) is 19.9. The third-order valence-electron chi connectivity index (χ3n) is 7.37. The minimum Gasteiger partial charge on any atom is -0.504 e. The van der Waals surface area contributed by atoms with Crippen molar-refractivity contribution in [1.82, 2.24) is 0 Å². The lowest BCUT2D eigenvalue weighted by Crippen LogP contribution is -2.56. The first kappa shape index (κ1) is 28.1. The Morgan fingerprint density at radius 2 is 1.34 bits per heavy atom. The molecule has 1 N–H and O–H groups in total. The first-order valence-corrected chi connectivity index (χ1v) is 15.4. The van der Waals surface area contributed by atoms with E-state index in [9.17, 15) is 14.7 Å². The SMILES string of the molecule is CCOC(=O)C(CC)(Oc1c(O)ccc2c(C)cc(=O)oc12)[P+](c1ccccc1)(c1ccccc1)c1ccccc1. The fourth-order valence-electron chi connectivity index (χ4n) is 5.59. The van der Waals surface area contributed by atoms with E-state index in [1.54, 1.807) is 19.9 Å². The Labute approximate surface area is 239 Å². The molecule has 0 aliphatic carbocycles. The molecule has 1 aromatic heterocycles. The van der Waals surface area contributed by atoms with E-state index in [0.29, 0.717) is 10.9 Å². The Hall–Kier alpha value is -4.41. The number of benzene rings is 4. The molecular weight excluding hydrogens is 535 g/mol. The van der Waals surface area contributed by atoms with Crippen molar-refractivity contribution >= 4 is 40.1 Å². The van der Waals surface area contributed by atoms with E-state index in [2.05, 4.69) is 0 Å². The van der Waals surface area contributed by atoms with E-state index in [1.807, 2.05) is 97.9 Å². The minimum atomic E-state index is -3.09. The molecule has 0 saturated heterocycles. The molecule has 0 fully saturated rings. The Kier molecular flexibility index (Phi) is 7.96. The third-order valence-corrected chi connectivity index (χ3v) is 12.3. The monoisotopic (exact) mass is 567 g/mol. The Bertz CT molecular complexity index is 1620. The number of ether oxygens (including phenoxy) is 2. The highest BCUT2D eigenvalue weighted by Crippen LogP contribution is 2.68. The number of aromatic hydroxyl groups is 1. The van der Waals surface area contributed by atoms with Crippen molar-refractivity contribution in [1.29, 1.82) is 0 Å². The van der Waals surface area contributed by atoms with Crippen molar-refractivity contribution in [2.24, 2.45) is 0 Å². The number of phenols is 1. The number of hydrogen-bond acceptors (Lipinski definition) is 6. The van der Waals surface area contributed by atoms with Gasteiger partial charge < -0.3 is 19.0 Å². The highest BCUT2D eigenvalue weighted by molar-refractivity contribution is 7.97. The molecular formula is C34H32O6P+. The van der Waals surface area contributed by atoms with Crippen LogP contribution in [0.15, 0.2) is 118 Å². The van der Waals surface area contributed by atoms with Crippen LogP contribution in [0.25, 0.3) is 11.0 Å². The van der Waals surface area contributed by atoms with Crippen LogP contribution in [0, 0.1) is 6.92 Å². The predicted molar refractivity (Wildman–Crippen MR) is 164 cm³/mol. The smallest absolute Gasteiger partial charge is 0.392 e. The van der Waals surface area contributed by atoms with Crippen LogP contribution < -0.4 is 26.3 Å². The summed E-state index contributed by atoms with van der Waals surface area (Å²) < 4.78 is 18.4. The lowest BCUT2D eigenvalue weighted by molar-refractivity contribution is -0.154. The zero-order valence-corrected chi connectivity index (χ0v) is 24.1. The van der Waals surface area contributed by atoms with Crippen LogP contribution in [0.4, 0.5) is 0 Å². The highest BCUT2D eigenvalue weighted by Gasteiger charge is 2.70. The number of esters is 1. The molecule has 4 aromatic carbocycles. The molecule has 5 rings (SSSR count). The van der Waals surface area contributed by atoms with Gasteiger partial charge in [0.25, 0.3) is 0 Å². The van der Waals surface area contributed by atoms with Crippen LogP contribution in [-0.2, 0) is 9.53 Å². The second kappa shape index (κ2) is 11.6. The summed E-state index contributed by atoms with van der Waals surface area (Å²) in [6, 6.07) is 34.0. The molecule has 5 aromatic rings. The summed E-state index contributed by atoms with van der Waals surface area (Å²) in [6.45, 7) is 5.54. The van der Waals surface area contributed by atoms with E-state index in [-0.39, 0.29) is 30.1 Å². The summed E-state index contributed by atoms with van der Waals surface area (Å²) in [7, 11) is -3.09. The van der Waals surface area contributed by atoms with Crippen molar-refractivity contribution in [3.63, 3.8) is 0 Å². The number of hydrogen-bond donors (Lipinski definition) is 1. The van der Waals surface area contributed by atoms with Crippen LogP contribution in [-0.4, -0.2) is 23.0 Å². The molecule has 1 atom stereocenters. The summed E-state index contributed by atoms with van der Waals surface area (Å²) in [5, 5.41) is 12.8. The van der Waals surface area contributed by atoms with Gasteiger partial charge in [0.2, 0.25) is 5.75 Å². The van der Waals surface area contributed by atoms with Gasteiger partial charge >= 0.3 is 16.9 Å². The quantitative estimate of drug-likeness (QED) is 0.137. The van der Waals surface area contributed by atoms with E-state index in [4.69, 9.17) is 13.9 Å². The zero-order chi connectivity index (χ0) is 29.0. The number of phenolic OH excluding ortho intramolecular Hbond substituents is 1. The molecule has 0 spiro atoms. The Morgan fingerprint density at radius 3 is 1.80 bits per heavy atom. The van der Waals surface area contributed by atoms with Crippen LogP contribution in [0.3, 0.4) is 0 Å². The standard InChI is InChI=1S/C34H31O6P/c1-4-34(33(37)38-5-2,40-32-29(35)22-21-28-24(3)23-30(36)39-31(28)32)41(25-15-9-6-10-16-25,26-17-11-7-12-18-26)27-19-13-8-14-20-27/h6-23H,4-5H2,1-3H3/p+1. The van der Waals surface area contributed by atoms with E-state index < -0.39 is 24.2 Å². The molecule has 7 heteroatoms. The van der Waals surface area contributed by atoms with Gasteiger partial charge in [0.15, 0.2) is 18.6 Å². The van der Waals surface area contributed by atoms with E-state index in [1.165, 1.54) is 12.1 Å². The molecule has 1 heterocycles. The van der Waals surface area contributed by atoms with Crippen molar-refractivity contribution in [2.45, 2.75) is 32.5 Å². The van der Waals surface area contributed by atoms with E-state index in [0.717, 1.165) is 15.9 Å². The van der Waals surface area contributed by atoms with Gasteiger partial charge in [-0.2, -0.15) is 0 Å². The molecule has 208 valence electrons. The molecule has 0 radical (unpaired) electrons. The van der Waals surface area contributed by atoms with Gasteiger partial charge in [-0.1, -0.05) is 61.5 Å². The predicted octanol–water partition coefficient (Wildman–Crippen LogP) is 5.85. The van der Waals surface area contributed by atoms with Gasteiger partial charge in [-0.3, -0.25) is 0 Å². The topological polar surface area (TPSA) is 86.0 Å². The third kappa shape index (κ3) is 4.68. The molecule has 0 aliphatic heterocycles. The van der Waals surface area contributed by atoms with Crippen LogP contribution in [0.5, 0.6) is 11.5 Å². The Balaban J connectivity index is 1.97. The van der Waals surface area contributed by atoms with Gasteiger partial charge in [-0.05, 0) is 67.9 Å². The summed E-state index contributed by atoms with van der Waals surface area (Å²) >= 11 is 0. The number of carbonyl (C=O) groups excluding carboxylic acids is 1. The van der Waals surface area contributed by atoms with Gasteiger partial charge in [-0.15, -0.1) is 0 Å². The molecule has 0 saturated carbocycles. The lowest BCUT2D eigenvalue weighted by atomic mass is 10.1. The van der Waals surface area contributed by atoms with Crippen LogP contribution >= 0.6 is 7.26 Å². The lowest BCUT2D eigenvalue weighted by Gasteiger charge is -2.41. The fraction of sp³-hybridized carbons (Fsp3) is 0.176. The van der Waals surface area contributed by atoms with Gasteiger partial charge in [0.05, 0.1) is 6.61 Å². The molecule has 41 heavy (non-hydrogen) atoms. The second-order valence-corrected chi connectivity index (χ2v) is 13.3. The van der Waals surface area contributed by atoms with Crippen molar-refractivity contribution < 1.29 is 23.8 Å². The van der Waals surface area contributed by atoms with Gasteiger partial charge in [0, 0.05) is 17.9 Å². The van der Waals surface area contributed by atoms with Crippen LogP contribution in [0.2, 0.25) is 0 Å². The van der Waals surface area contributed by atoms with Crippen LogP contribution in [0.1, 0.15) is 25.8 Å². The van der Waals surface area contributed by atoms with Gasteiger partial charge in [-0.25, -0.2) is 9.59 Å². The Morgan fingerprint density at radius 1 is 0.829 bits per heavy atom. The molecule has 1 unspecified atom stereocenters. The van der Waals surface area contributed by atoms with Crippen molar-refractivity contribution in [3.05, 3.63) is 125 Å². The molecule has 0 amide bonds. The maximum atomic E-state index is 14.6. The fourth-order valence-corrected chi connectivity index (χ4v) is 10.6. The molecule has 6 nitrogen and oxygen atoms in total. The molecule has 0 bridgehead atoms. The minimum absolute atomic E-state index is 0.0735. The number of rotatable bonds is 9. The highest BCUT2D eigenvalue weighted by atomic mass is 31.2. The maximum Gasteiger partial charge on any atom is 0.392 e. The van der Waals surface area contributed by atoms with Gasteiger partial charge in [0.1, 0.15) is 15.9 Å². The summed E-state index contributed by atoms with van der Waals surface area (Å²) in [5.74, 6) is -0.898. The second-order valence-electron chi connectivity index (χ2n) is 9.68. The van der Waals surface area contributed by atoms with E-state index >= 15 is 0 Å².